The zero-order valence-electron chi connectivity index (χ0n) is 14.6. The van der Waals surface area contributed by atoms with E-state index in [9.17, 15) is 9.59 Å². The second-order valence-corrected chi connectivity index (χ2v) is 6.29. The van der Waals surface area contributed by atoms with Gasteiger partial charge in [-0.05, 0) is 17.5 Å². The van der Waals surface area contributed by atoms with E-state index in [2.05, 4.69) is 29.2 Å². The van der Waals surface area contributed by atoms with Gasteiger partial charge in [-0.15, -0.1) is 0 Å². The minimum atomic E-state index is -0.187. The maximum Gasteiger partial charge on any atom is 0.264 e. The van der Waals surface area contributed by atoms with Crippen molar-refractivity contribution in [3.8, 4) is 0 Å². The van der Waals surface area contributed by atoms with Crippen LogP contribution < -0.4 is 10.9 Å². The highest BCUT2D eigenvalue weighted by atomic mass is 16.2. The van der Waals surface area contributed by atoms with Crippen LogP contribution in [0.25, 0.3) is 11.0 Å². The maximum absolute atomic E-state index is 12.4. The third-order valence-corrected chi connectivity index (χ3v) is 4.15. The molecule has 3 rings (SSSR count). The summed E-state index contributed by atoms with van der Waals surface area (Å²) in [5, 5.41) is 7.42. The van der Waals surface area contributed by atoms with Crippen molar-refractivity contribution in [2.75, 3.05) is 5.32 Å². The van der Waals surface area contributed by atoms with Crippen LogP contribution in [0.2, 0.25) is 0 Å². The van der Waals surface area contributed by atoms with Gasteiger partial charge in [0.05, 0.1) is 12.5 Å². The molecule has 0 aliphatic carbocycles. The van der Waals surface area contributed by atoms with Gasteiger partial charge in [-0.25, -0.2) is 4.98 Å². The fourth-order valence-electron chi connectivity index (χ4n) is 2.77. The summed E-state index contributed by atoms with van der Waals surface area (Å²) in [6.07, 6.45) is 3.15. The van der Waals surface area contributed by atoms with Gasteiger partial charge in [0.2, 0.25) is 5.91 Å². The topological polar surface area (TPSA) is 81.8 Å². The Morgan fingerprint density at radius 2 is 2.04 bits per heavy atom. The molecule has 0 bridgehead atoms. The molecule has 0 fully saturated rings. The number of nitrogens with one attached hydrogen (secondary N) is 1. The van der Waals surface area contributed by atoms with Crippen LogP contribution in [-0.4, -0.2) is 25.2 Å². The first-order valence-corrected chi connectivity index (χ1v) is 8.23. The third-order valence-electron chi connectivity index (χ3n) is 4.15. The number of nitrogens with zero attached hydrogens (tertiary/aromatic N) is 4. The summed E-state index contributed by atoms with van der Waals surface area (Å²) < 4.78 is 2.99. The van der Waals surface area contributed by atoms with E-state index in [4.69, 9.17) is 0 Å². The van der Waals surface area contributed by atoms with E-state index in [1.165, 1.54) is 17.1 Å². The molecule has 3 aromatic rings. The number of aryl methyl sites for hydroxylation is 2. The molecule has 0 spiro atoms. The Hall–Kier alpha value is -2.96. The molecule has 130 valence electrons. The molecule has 1 amide bonds. The third kappa shape index (κ3) is 3.45. The summed E-state index contributed by atoms with van der Waals surface area (Å²) in [7, 11) is 1.73. The lowest BCUT2D eigenvalue weighted by Gasteiger charge is -2.13. The minimum absolute atomic E-state index is 0.133. The van der Waals surface area contributed by atoms with Crippen LogP contribution in [0.3, 0.4) is 0 Å². The van der Waals surface area contributed by atoms with Crippen molar-refractivity contribution in [1.82, 2.24) is 19.3 Å². The van der Waals surface area contributed by atoms with Gasteiger partial charge in [-0.3, -0.25) is 18.8 Å². The summed E-state index contributed by atoms with van der Waals surface area (Å²) in [5.41, 5.74) is 2.26. The van der Waals surface area contributed by atoms with Crippen molar-refractivity contribution >= 4 is 22.6 Å². The fraction of sp³-hybridized carbons (Fsp3) is 0.333. The number of amides is 1. The molecular weight excluding hydrogens is 318 g/mol. The highest BCUT2D eigenvalue weighted by molar-refractivity contribution is 5.91. The standard InChI is InChI=1S/C18H21N5O2/c1-12(2)13-6-4-5-7-15(13)21-16(24)8-9-23-11-19-17-14(18(23)25)10-20-22(17)3/h4-7,10-12H,8-9H2,1-3H3,(H,21,24). The van der Waals surface area contributed by atoms with Gasteiger partial charge in [-0.1, -0.05) is 32.0 Å². The smallest absolute Gasteiger partial charge is 0.264 e. The van der Waals surface area contributed by atoms with Crippen LogP contribution in [0, 0.1) is 0 Å². The normalized spacial score (nSPS) is 11.2. The molecule has 1 N–H and O–H groups in total. The average molecular weight is 339 g/mol. The van der Waals surface area contributed by atoms with E-state index >= 15 is 0 Å². The number of carbonyl (C=O) groups excluding carboxylic acids is 1. The van der Waals surface area contributed by atoms with E-state index in [1.807, 2.05) is 24.3 Å². The van der Waals surface area contributed by atoms with Crippen LogP contribution >= 0.6 is 0 Å². The van der Waals surface area contributed by atoms with Gasteiger partial charge in [-0.2, -0.15) is 5.10 Å². The molecule has 2 aromatic heterocycles. The first-order valence-electron chi connectivity index (χ1n) is 8.23. The highest BCUT2D eigenvalue weighted by Crippen LogP contribution is 2.23. The summed E-state index contributed by atoms with van der Waals surface area (Å²) >= 11 is 0. The minimum Gasteiger partial charge on any atom is -0.326 e. The second kappa shape index (κ2) is 6.88. The SMILES string of the molecule is CC(C)c1ccccc1NC(=O)CCn1cnc2c(cnn2C)c1=O. The van der Waals surface area contributed by atoms with Gasteiger partial charge in [0.1, 0.15) is 5.39 Å². The Labute approximate surface area is 145 Å². The number of anilines is 1. The lowest BCUT2D eigenvalue weighted by atomic mass is 10.0. The predicted octanol–water partition coefficient (Wildman–Crippen LogP) is 2.28. The molecule has 0 unspecified atom stereocenters. The van der Waals surface area contributed by atoms with Crippen LogP contribution in [0.15, 0.2) is 41.6 Å². The Bertz CT molecular complexity index is 971. The number of hydrogen-bond acceptors (Lipinski definition) is 4. The molecule has 7 heteroatoms. The van der Waals surface area contributed by atoms with Crippen molar-refractivity contribution in [2.24, 2.45) is 7.05 Å². The molecule has 0 saturated heterocycles. The second-order valence-electron chi connectivity index (χ2n) is 6.29. The highest BCUT2D eigenvalue weighted by Gasteiger charge is 2.11. The maximum atomic E-state index is 12.4. The van der Waals surface area contributed by atoms with Gasteiger partial charge in [0, 0.05) is 25.7 Å². The van der Waals surface area contributed by atoms with Crippen LogP contribution in [-0.2, 0) is 18.4 Å². The van der Waals surface area contributed by atoms with E-state index < -0.39 is 0 Å². The van der Waals surface area contributed by atoms with Gasteiger partial charge in [0.25, 0.3) is 5.56 Å². The van der Waals surface area contributed by atoms with Crippen LogP contribution in [0.1, 0.15) is 31.7 Å². The molecule has 1 aromatic carbocycles. The number of aromatic nitrogens is 4. The van der Waals surface area contributed by atoms with Crippen LogP contribution in [0.5, 0.6) is 0 Å². The Kier molecular flexibility index (Phi) is 4.65. The monoisotopic (exact) mass is 339 g/mol. The van der Waals surface area contributed by atoms with E-state index in [1.54, 1.807) is 11.7 Å². The zero-order chi connectivity index (χ0) is 18.0. The number of carbonyl (C=O) groups is 1. The van der Waals surface area contributed by atoms with Crippen molar-refractivity contribution in [2.45, 2.75) is 32.7 Å². The number of para-hydroxylation sites is 1. The van der Waals surface area contributed by atoms with Gasteiger partial charge < -0.3 is 5.32 Å². The van der Waals surface area contributed by atoms with Crippen LogP contribution in [0.4, 0.5) is 5.69 Å². The first-order chi connectivity index (χ1) is 12.0. The molecular formula is C18H21N5O2. The lowest BCUT2D eigenvalue weighted by molar-refractivity contribution is -0.116. The van der Waals surface area contributed by atoms with Gasteiger partial charge in [0.15, 0.2) is 5.65 Å². The van der Waals surface area contributed by atoms with Crippen molar-refractivity contribution in [1.29, 1.82) is 0 Å². The molecule has 7 nitrogen and oxygen atoms in total. The Morgan fingerprint density at radius 1 is 1.28 bits per heavy atom. The molecule has 0 saturated carbocycles. The van der Waals surface area contributed by atoms with Crippen molar-refractivity contribution < 1.29 is 4.79 Å². The molecule has 2 heterocycles. The van der Waals surface area contributed by atoms with Gasteiger partial charge >= 0.3 is 0 Å². The summed E-state index contributed by atoms with van der Waals surface area (Å²) in [6, 6.07) is 7.75. The zero-order valence-corrected chi connectivity index (χ0v) is 14.6. The first kappa shape index (κ1) is 16.9. The summed E-state index contributed by atoms with van der Waals surface area (Å²) in [6.45, 7) is 4.44. The summed E-state index contributed by atoms with van der Waals surface area (Å²) in [4.78, 5) is 28.9. The molecule has 0 radical (unpaired) electrons. The Balaban J connectivity index is 1.71. The van der Waals surface area contributed by atoms with E-state index in [0.717, 1.165) is 11.3 Å². The molecule has 25 heavy (non-hydrogen) atoms. The summed E-state index contributed by atoms with van der Waals surface area (Å²) in [5.74, 6) is 0.183. The van der Waals surface area contributed by atoms with E-state index in [0.29, 0.717) is 17.0 Å². The largest absolute Gasteiger partial charge is 0.326 e. The predicted molar refractivity (Wildman–Crippen MR) is 96.5 cm³/mol. The van der Waals surface area contributed by atoms with Crippen molar-refractivity contribution in [3.63, 3.8) is 0 Å². The number of rotatable bonds is 5. The number of hydrogen-bond donors (Lipinski definition) is 1. The lowest BCUT2D eigenvalue weighted by Crippen LogP contribution is -2.23. The molecule has 0 aliphatic heterocycles. The molecule has 0 aliphatic rings. The average Bonchev–Trinajstić information content (AvgIpc) is 2.96. The fourth-order valence-corrected chi connectivity index (χ4v) is 2.77. The number of fused-ring (bicyclic) bond motifs is 1. The van der Waals surface area contributed by atoms with E-state index in [-0.39, 0.29) is 24.4 Å². The van der Waals surface area contributed by atoms with Crippen molar-refractivity contribution in [3.05, 3.63) is 52.7 Å². The molecule has 0 atom stereocenters. The quantitative estimate of drug-likeness (QED) is 0.773. The number of benzene rings is 1. The Morgan fingerprint density at radius 3 is 2.80 bits per heavy atom.